The Hall–Kier alpha value is -1.42. The van der Waals surface area contributed by atoms with Crippen molar-refractivity contribution in [2.24, 2.45) is 5.92 Å². The molecule has 0 radical (unpaired) electrons. The predicted octanol–water partition coefficient (Wildman–Crippen LogP) is 3.23. The van der Waals surface area contributed by atoms with Gasteiger partial charge in [0.2, 0.25) is 0 Å². The summed E-state index contributed by atoms with van der Waals surface area (Å²) in [7, 11) is 0. The van der Waals surface area contributed by atoms with Crippen LogP contribution in [0.4, 0.5) is 4.39 Å². The third-order valence-corrected chi connectivity index (χ3v) is 4.63. The summed E-state index contributed by atoms with van der Waals surface area (Å²) in [4.78, 5) is 12.2. The van der Waals surface area contributed by atoms with Crippen molar-refractivity contribution >= 4 is 27.4 Å². The fourth-order valence-corrected chi connectivity index (χ4v) is 3.69. The van der Waals surface area contributed by atoms with Gasteiger partial charge in [0.15, 0.2) is 0 Å². The molecule has 0 saturated heterocycles. The molecule has 17 heavy (non-hydrogen) atoms. The van der Waals surface area contributed by atoms with Crippen LogP contribution in [0, 0.1) is 11.7 Å². The lowest BCUT2D eigenvalue weighted by atomic mass is 9.87. The molecule has 0 bridgehead atoms. The van der Waals surface area contributed by atoms with E-state index in [0.717, 1.165) is 22.1 Å². The van der Waals surface area contributed by atoms with Gasteiger partial charge in [-0.1, -0.05) is 0 Å². The number of carboxylic acids is 1. The number of hydrogen-bond donors (Lipinski definition) is 1. The molecule has 0 fully saturated rings. The zero-order valence-electron chi connectivity index (χ0n) is 9.07. The van der Waals surface area contributed by atoms with Crippen molar-refractivity contribution in [3.63, 3.8) is 0 Å². The molecule has 1 aliphatic carbocycles. The SMILES string of the molecule is O=C(O)C1CCc2sc3ccc(F)cc3c2C1. The van der Waals surface area contributed by atoms with Crippen molar-refractivity contribution in [2.75, 3.05) is 0 Å². The molecule has 88 valence electrons. The minimum atomic E-state index is -0.744. The Bertz CT molecular complexity index is 603. The average Bonchev–Trinajstić information content (AvgIpc) is 2.66. The second-order valence-corrected chi connectivity index (χ2v) is 5.56. The molecule has 0 saturated carbocycles. The van der Waals surface area contributed by atoms with Crippen molar-refractivity contribution in [3.05, 3.63) is 34.5 Å². The average molecular weight is 250 g/mol. The first kappa shape index (κ1) is 10.7. The Labute approximate surface area is 102 Å². The molecule has 1 unspecified atom stereocenters. The molecule has 4 heteroatoms. The third kappa shape index (κ3) is 1.72. The minimum Gasteiger partial charge on any atom is -0.481 e. The maximum absolute atomic E-state index is 13.2. The maximum atomic E-state index is 13.2. The van der Waals surface area contributed by atoms with E-state index in [-0.39, 0.29) is 11.7 Å². The van der Waals surface area contributed by atoms with E-state index in [2.05, 4.69) is 0 Å². The Morgan fingerprint density at radius 2 is 2.29 bits per heavy atom. The van der Waals surface area contributed by atoms with Crippen LogP contribution in [0.1, 0.15) is 16.9 Å². The zero-order chi connectivity index (χ0) is 12.0. The van der Waals surface area contributed by atoms with E-state index < -0.39 is 5.97 Å². The number of aliphatic carboxylic acids is 1. The monoisotopic (exact) mass is 250 g/mol. The van der Waals surface area contributed by atoms with Crippen molar-refractivity contribution < 1.29 is 14.3 Å². The molecule has 2 aromatic rings. The van der Waals surface area contributed by atoms with Crippen molar-refractivity contribution in [3.8, 4) is 0 Å². The summed E-state index contributed by atoms with van der Waals surface area (Å²) in [6.45, 7) is 0. The molecule has 0 amide bonds. The first-order chi connectivity index (χ1) is 8.15. The fourth-order valence-electron chi connectivity index (χ4n) is 2.46. The normalized spacial score (nSPS) is 19.2. The summed E-state index contributed by atoms with van der Waals surface area (Å²) >= 11 is 1.66. The van der Waals surface area contributed by atoms with E-state index in [0.29, 0.717) is 12.8 Å². The number of carbonyl (C=O) groups is 1. The van der Waals surface area contributed by atoms with Crippen LogP contribution in [-0.4, -0.2) is 11.1 Å². The smallest absolute Gasteiger partial charge is 0.306 e. The molecule has 2 nitrogen and oxygen atoms in total. The van der Waals surface area contributed by atoms with Gasteiger partial charge in [0, 0.05) is 9.58 Å². The molecule has 1 heterocycles. The van der Waals surface area contributed by atoms with Gasteiger partial charge in [0.25, 0.3) is 0 Å². The van der Waals surface area contributed by atoms with Crippen LogP contribution in [-0.2, 0) is 17.6 Å². The summed E-state index contributed by atoms with van der Waals surface area (Å²) in [5.74, 6) is -1.31. The van der Waals surface area contributed by atoms with Gasteiger partial charge in [-0.25, -0.2) is 4.39 Å². The van der Waals surface area contributed by atoms with Crippen LogP contribution in [0.2, 0.25) is 0 Å². The number of hydrogen-bond acceptors (Lipinski definition) is 2. The summed E-state index contributed by atoms with van der Waals surface area (Å²) in [5, 5.41) is 9.96. The standard InChI is InChI=1S/C13H11FO2S/c14-8-2-4-12-10(6-8)9-5-7(13(15)16)1-3-11(9)17-12/h2,4,6-7H,1,3,5H2,(H,15,16). The Morgan fingerprint density at radius 1 is 1.47 bits per heavy atom. The van der Waals surface area contributed by atoms with Crippen molar-refractivity contribution in [2.45, 2.75) is 19.3 Å². The molecule has 0 aliphatic heterocycles. The van der Waals surface area contributed by atoms with Crippen LogP contribution in [0.3, 0.4) is 0 Å². The molecule has 1 N–H and O–H groups in total. The Kier molecular flexibility index (Phi) is 2.40. The number of halogens is 1. The van der Waals surface area contributed by atoms with Gasteiger partial charge in [0.1, 0.15) is 5.82 Å². The van der Waals surface area contributed by atoms with Crippen LogP contribution in [0.5, 0.6) is 0 Å². The van der Waals surface area contributed by atoms with E-state index in [4.69, 9.17) is 5.11 Å². The highest BCUT2D eigenvalue weighted by Crippen LogP contribution is 2.38. The Morgan fingerprint density at radius 3 is 3.06 bits per heavy atom. The summed E-state index contributed by atoms with van der Waals surface area (Å²) in [5.41, 5.74) is 1.04. The highest BCUT2D eigenvalue weighted by Gasteiger charge is 2.27. The van der Waals surface area contributed by atoms with Gasteiger partial charge < -0.3 is 5.11 Å². The Balaban J connectivity index is 2.13. The molecule has 1 aromatic heterocycles. The number of thiophene rings is 1. The lowest BCUT2D eigenvalue weighted by molar-refractivity contribution is -0.142. The minimum absolute atomic E-state index is 0.254. The number of carboxylic acid groups (broad SMARTS) is 1. The van der Waals surface area contributed by atoms with E-state index in [9.17, 15) is 9.18 Å². The predicted molar refractivity (Wildman–Crippen MR) is 64.9 cm³/mol. The third-order valence-electron chi connectivity index (χ3n) is 3.36. The first-order valence-electron chi connectivity index (χ1n) is 5.58. The van der Waals surface area contributed by atoms with E-state index in [1.54, 1.807) is 17.4 Å². The van der Waals surface area contributed by atoms with E-state index in [1.165, 1.54) is 17.0 Å². The van der Waals surface area contributed by atoms with Crippen molar-refractivity contribution in [1.29, 1.82) is 0 Å². The summed E-state index contributed by atoms with van der Waals surface area (Å²) in [6, 6.07) is 4.76. The molecule has 3 rings (SSSR count). The molecular formula is C13H11FO2S. The molecule has 1 aliphatic rings. The summed E-state index contributed by atoms with van der Waals surface area (Å²) in [6.07, 6.45) is 2.03. The van der Waals surface area contributed by atoms with Crippen molar-refractivity contribution in [1.82, 2.24) is 0 Å². The van der Waals surface area contributed by atoms with Crippen LogP contribution in [0.15, 0.2) is 18.2 Å². The lowest BCUT2D eigenvalue weighted by Crippen LogP contribution is -2.21. The number of fused-ring (bicyclic) bond motifs is 3. The molecular weight excluding hydrogens is 239 g/mol. The number of aryl methyl sites for hydroxylation is 1. The van der Waals surface area contributed by atoms with Crippen LogP contribution in [0.25, 0.3) is 10.1 Å². The second-order valence-electron chi connectivity index (χ2n) is 4.42. The van der Waals surface area contributed by atoms with E-state index >= 15 is 0 Å². The van der Waals surface area contributed by atoms with Gasteiger partial charge in [-0.3, -0.25) is 4.79 Å². The fraction of sp³-hybridized carbons (Fsp3) is 0.308. The topological polar surface area (TPSA) is 37.3 Å². The number of benzene rings is 1. The molecule has 1 atom stereocenters. The first-order valence-corrected chi connectivity index (χ1v) is 6.39. The second kappa shape index (κ2) is 3.81. The number of rotatable bonds is 1. The highest BCUT2D eigenvalue weighted by molar-refractivity contribution is 7.19. The molecule has 0 spiro atoms. The van der Waals surface area contributed by atoms with Gasteiger partial charge in [-0.15, -0.1) is 11.3 Å². The van der Waals surface area contributed by atoms with Gasteiger partial charge >= 0.3 is 5.97 Å². The van der Waals surface area contributed by atoms with Gasteiger partial charge in [-0.2, -0.15) is 0 Å². The summed E-state index contributed by atoms with van der Waals surface area (Å²) < 4.78 is 14.3. The maximum Gasteiger partial charge on any atom is 0.306 e. The largest absolute Gasteiger partial charge is 0.481 e. The van der Waals surface area contributed by atoms with Crippen LogP contribution >= 0.6 is 11.3 Å². The lowest BCUT2D eigenvalue weighted by Gasteiger charge is -2.18. The zero-order valence-corrected chi connectivity index (χ0v) is 9.89. The van der Waals surface area contributed by atoms with Gasteiger partial charge in [-0.05, 0) is 48.4 Å². The molecule has 1 aromatic carbocycles. The van der Waals surface area contributed by atoms with Gasteiger partial charge in [0.05, 0.1) is 5.92 Å². The van der Waals surface area contributed by atoms with E-state index in [1.807, 2.05) is 0 Å². The highest BCUT2D eigenvalue weighted by atomic mass is 32.1. The quantitative estimate of drug-likeness (QED) is 0.843. The van der Waals surface area contributed by atoms with Crippen LogP contribution < -0.4 is 0 Å².